The van der Waals surface area contributed by atoms with E-state index in [2.05, 4.69) is 46.3 Å². The van der Waals surface area contributed by atoms with Gasteiger partial charge in [0.05, 0.1) is 0 Å². The summed E-state index contributed by atoms with van der Waals surface area (Å²) in [7, 11) is 0. The van der Waals surface area contributed by atoms with E-state index in [9.17, 15) is 0 Å². The Morgan fingerprint density at radius 3 is 2.78 bits per heavy atom. The van der Waals surface area contributed by atoms with Crippen molar-refractivity contribution in [2.75, 3.05) is 13.1 Å². The van der Waals surface area contributed by atoms with E-state index in [4.69, 9.17) is 9.26 Å². The second-order valence-electron chi connectivity index (χ2n) is 6.25. The number of aromatic nitrogens is 2. The predicted octanol–water partition coefficient (Wildman–Crippen LogP) is 2.14. The van der Waals surface area contributed by atoms with Crippen LogP contribution < -0.4 is 10.1 Å². The Labute approximate surface area is 136 Å². The van der Waals surface area contributed by atoms with Crippen LogP contribution >= 0.6 is 0 Å². The number of piperazine rings is 1. The van der Waals surface area contributed by atoms with E-state index in [0.29, 0.717) is 30.4 Å². The third-order valence-electron chi connectivity index (χ3n) is 4.14. The Kier molecular flexibility index (Phi) is 4.93. The molecule has 23 heavy (non-hydrogen) atoms. The van der Waals surface area contributed by atoms with Crippen molar-refractivity contribution in [3.8, 4) is 5.75 Å². The highest BCUT2D eigenvalue weighted by Gasteiger charge is 2.22. The average molecular weight is 316 g/mol. The van der Waals surface area contributed by atoms with Gasteiger partial charge < -0.3 is 14.6 Å². The van der Waals surface area contributed by atoms with Crippen molar-refractivity contribution in [2.45, 2.75) is 46.0 Å². The Morgan fingerprint density at radius 1 is 1.30 bits per heavy atom. The standard InChI is InChI=1S/C17H24N4O2/c1-12-9-21(13(2)8-18-12)10-15-4-6-16(7-5-15)22-11-17-19-14(3)23-20-17/h4-7,12-13,18H,8-11H2,1-3H3. The van der Waals surface area contributed by atoms with Crippen LogP contribution in [0.4, 0.5) is 0 Å². The average Bonchev–Trinajstić information content (AvgIpc) is 2.96. The van der Waals surface area contributed by atoms with Gasteiger partial charge in [0.2, 0.25) is 11.7 Å². The molecule has 1 N–H and O–H groups in total. The first-order valence-corrected chi connectivity index (χ1v) is 8.08. The molecular formula is C17H24N4O2. The summed E-state index contributed by atoms with van der Waals surface area (Å²) in [6.07, 6.45) is 0. The van der Waals surface area contributed by atoms with Gasteiger partial charge >= 0.3 is 0 Å². The second-order valence-corrected chi connectivity index (χ2v) is 6.25. The van der Waals surface area contributed by atoms with Crippen molar-refractivity contribution in [3.63, 3.8) is 0 Å². The fraction of sp³-hybridized carbons (Fsp3) is 0.529. The summed E-state index contributed by atoms with van der Waals surface area (Å²) >= 11 is 0. The van der Waals surface area contributed by atoms with Crippen LogP contribution in [0.2, 0.25) is 0 Å². The highest BCUT2D eigenvalue weighted by Crippen LogP contribution is 2.17. The van der Waals surface area contributed by atoms with Crippen molar-refractivity contribution in [1.82, 2.24) is 20.4 Å². The first-order valence-electron chi connectivity index (χ1n) is 8.08. The molecule has 1 aliphatic heterocycles. The minimum absolute atomic E-state index is 0.322. The highest BCUT2D eigenvalue weighted by molar-refractivity contribution is 5.27. The van der Waals surface area contributed by atoms with Crippen LogP contribution in [0.15, 0.2) is 28.8 Å². The zero-order valence-corrected chi connectivity index (χ0v) is 14.0. The summed E-state index contributed by atoms with van der Waals surface area (Å²) in [5, 5.41) is 7.33. The lowest BCUT2D eigenvalue weighted by atomic mass is 10.1. The largest absolute Gasteiger partial charge is 0.485 e. The summed E-state index contributed by atoms with van der Waals surface area (Å²) < 4.78 is 10.6. The van der Waals surface area contributed by atoms with Crippen LogP contribution in [0.1, 0.15) is 31.1 Å². The van der Waals surface area contributed by atoms with Gasteiger partial charge in [-0.15, -0.1) is 0 Å². The summed E-state index contributed by atoms with van der Waals surface area (Å²) in [4.78, 5) is 6.63. The number of aryl methyl sites for hydroxylation is 1. The molecule has 0 amide bonds. The van der Waals surface area contributed by atoms with Gasteiger partial charge in [0.25, 0.3) is 0 Å². The number of benzene rings is 1. The van der Waals surface area contributed by atoms with Crippen LogP contribution in [0.25, 0.3) is 0 Å². The number of hydrogen-bond acceptors (Lipinski definition) is 6. The van der Waals surface area contributed by atoms with E-state index >= 15 is 0 Å². The third-order valence-corrected chi connectivity index (χ3v) is 4.14. The van der Waals surface area contributed by atoms with Gasteiger partial charge in [-0.05, 0) is 31.5 Å². The van der Waals surface area contributed by atoms with E-state index in [0.717, 1.165) is 25.4 Å². The monoisotopic (exact) mass is 316 g/mol. The molecule has 6 heteroatoms. The predicted molar refractivity (Wildman–Crippen MR) is 87.1 cm³/mol. The molecule has 1 aromatic heterocycles. The zero-order chi connectivity index (χ0) is 16.2. The molecule has 2 heterocycles. The van der Waals surface area contributed by atoms with E-state index < -0.39 is 0 Å². The number of hydrogen-bond donors (Lipinski definition) is 1. The quantitative estimate of drug-likeness (QED) is 0.912. The van der Waals surface area contributed by atoms with Crippen LogP contribution in [0, 0.1) is 6.92 Å². The first-order chi connectivity index (χ1) is 11.1. The van der Waals surface area contributed by atoms with Gasteiger partial charge in [-0.1, -0.05) is 17.3 Å². The van der Waals surface area contributed by atoms with Gasteiger partial charge in [-0.3, -0.25) is 4.90 Å². The highest BCUT2D eigenvalue weighted by atomic mass is 16.5. The third kappa shape index (κ3) is 4.30. The normalized spacial score (nSPS) is 22.2. The molecule has 1 aliphatic rings. The molecular weight excluding hydrogens is 292 g/mol. The molecule has 6 nitrogen and oxygen atoms in total. The van der Waals surface area contributed by atoms with Crippen molar-refractivity contribution in [1.29, 1.82) is 0 Å². The molecule has 0 spiro atoms. The lowest BCUT2D eigenvalue weighted by Gasteiger charge is -2.37. The van der Waals surface area contributed by atoms with Gasteiger partial charge in [0.15, 0.2) is 6.61 Å². The molecule has 0 radical (unpaired) electrons. The lowest BCUT2D eigenvalue weighted by Crippen LogP contribution is -2.53. The fourth-order valence-electron chi connectivity index (χ4n) is 2.79. The van der Waals surface area contributed by atoms with Crippen molar-refractivity contribution < 1.29 is 9.26 Å². The van der Waals surface area contributed by atoms with Crippen molar-refractivity contribution >= 4 is 0 Å². The molecule has 0 aliphatic carbocycles. The van der Waals surface area contributed by atoms with Crippen LogP contribution in [-0.4, -0.2) is 40.2 Å². The van der Waals surface area contributed by atoms with E-state index in [1.165, 1.54) is 5.56 Å². The minimum atomic E-state index is 0.322. The molecule has 1 aromatic carbocycles. The molecule has 124 valence electrons. The minimum Gasteiger partial charge on any atom is -0.485 e. The van der Waals surface area contributed by atoms with Gasteiger partial charge in [0.1, 0.15) is 5.75 Å². The topological polar surface area (TPSA) is 63.4 Å². The maximum atomic E-state index is 5.68. The zero-order valence-electron chi connectivity index (χ0n) is 14.0. The van der Waals surface area contributed by atoms with Gasteiger partial charge in [-0.2, -0.15) is 4.98 Å². The Morgan fingerprint density at radius 2 is 2.09 bits per heavy atom. The summed E-state index contributed by atoms with van der Waals surface area (Å²) in [5.41, 5.74) is 1.30. The molecule has 2 atom stereocenters. The fourth-order valence-corrected chi connectivity index (χ4v) is 2.79. The van der Waals surface area contributed by atoms with Gasteiger partial charge in [0, 0.05) is 38.6 Å². The van der Waals surface area contributed by atoms with E-state index in [1.807, 2.05) is 12.1 Å². The van der Waals surface area contributed by atoms with Crippen LogP contribution in [-0.2, 0) is 13.2 Å². The number of rotatable bonds is 5. The van der Waals surface area contributed by atoms with Crippen LogP contribution in [0.3, 0.4) is 0 Å². The summed E-state index contributed by atoms with van der Waals surface area (Å²) in [5.74, 6) is 1.94. The summed E-state index contributed by atoms with van der Waals surface area (Å²) in [6, 6.07) is 9.35. The number of nitrogens with zero attached hydrogens (tertiary/aromatic N) is 3. The molecule has 2 aromatic rings. The first kappa shape index (κ1) is 16.0. The number of nitrogens with one attached hydrogen (secondary N) is 1. The molecule has 1 fully saturated rings. The Bertz CT molecular complexity index is 626. The lowest BCUT2D eigenvalue weighted by molar-refractivity contribution is 0.139. The Balaban J connectivity index is 1.54. The SMILES string of the molecule is Cc1nc(COc2ccc(CN3CC(C)NCC3C)cc2)no1. The van der Waals surface area contributed by atoms with Crippen molar-refractivity contribution in [3.05, 3.63) is 41.5 Å². The van der Waals surface area contributed by atoms with E-state index in [-0.39, 0.29) is 0 Å². The number of ether oxygens (including phenoxy) is 1. The van der Waals surface area contributed by atoms with Crippen LogP contribution in [0.5, 0.6) is 5.75 Å². The molecule has 0 bridgehead atoms. The molecule has 2 unspecified atom stereocenters. The smallest absolute Gasteiger partial charge is 0.223 e. The second kappa shape index (κ2) is 7.10. The molecule has 3 rings (SSSR count). The van der Waals surface area contributed by atoms with Gasteiger partial charge in [-0.25, -0.2) is 0 Å². The molecule has 1 saturated heterocycles. The maximum absolute atomic E-state index is 5.68. The van der Waals surface area contributed by atoms with E-state index in [1.54, 1.807) is 6.92 Å². The maximum Gasteiger partial charge on any atom is 0.223 e. The Hall–Kier alpha value is -1.92. The summed E-state index contributed by atoms with van der Waals surface area (Å²) in [6.45, 7) is 9.69. The van der Waals surface area contributed by atoms with Crippen molar-refractivity contribution in [2.24, 2.45) is 0 Å². The molecule has 0 saturated carbocycles.